The summed E-state index contributed by atoms with van der Waals surface area (Å²) in [4.78, 5) is 26.9. The average molecular weight is 558 g/mol. The van der Waals surface area contributed by atoms with Crippen molar-refractivity contribution in [2.45, 2.75) is 69.8 Å². The van der Waals surface area contributed by atoms with Crippen molar-refractivity contribution in [2.24, 2.45) is 5.92 Å². The average Bonchev–Trinajstić information content (AvgIpc) is 2.90. The molecule has 2 aliphatic rings. The first-order chi connectivity index (χ1) is 18.5. The number of benzene rings is 2. The van der Waals surface area contributed by atoms with E-state index in [9.17, 15) is 18.0 Å². The summed E-state index contributed by atoms with van der Waals surface area (Å²) >= 11 is 0. The van der Waals surface area contributed by atoms with Crippen molar-refractivity contribution in [1.29, 1.82) is 0 Å². The molecule has 1 amide bonds. The number of anilines is 2. The van der Waals surface area contributed by atoms with Crippen LogP contribution in [0.5, 0.6) is 0 Å². The number of methoxy groups -OCH3 is 1. The number of nitrogens with zero attached hydrogens (tertiary/aromatic N) is 1. The van der Waals surface area contributed by atoms with E-state index >= 15 is 0 Å². The minimum Gasteiger partial charge on any atom is -0.465 e. The van der Waals surface area contributed by atoms with E-state index in [1.165, 1.54) is 7.11 Å². The lowest BCUT2D eigenvalue weighted by Gasteiger charge is -2.33. The molecule has 0 radical (unpaired) electrons. The second kappa shape index (κ2) is 11.9. The molecule has 0 atom stereocenters. The van der Waals surface area contributed by atoms with Gasteiger partial charge in [-0.25, -0.2) is 18.0 Å². The number of carbonyl (C=O) groups is 2. The molecule has 1 aliphatic carbocycles. The van der Waals surface area contributed by atoms with E-state index in [0.29, 0.717) is 37.3 Å². The van der Waals surface area contributed by atoms with Gasteiger partial charge in [-0.05, 0) is 94.5 Å². The summed E-state index contributed by atoms with van der Waals surface area (Å²) in [5.41, 5.74) is 2.39. The Morgan fingerprint density at radius 2 is 1.69 bits per heavy atom. The zero-order valence-electron chi connectivity index (χ0n) is 23.2. The largest absolute Gasteiger partial charge is 0.465 e. The Morgan fingerprint density at radius 3 is 2.38 bits per heavy atom. The van der Waals surface area contributed by atoms with E-state index in [0.717, 1.165) is 43.2 Å². The van der Waals surface area contributed by atoms with E-state index in [1.54, 1.807) is 35.2 Å². The zero-order valence-corrected chi connectivity index (χ0v) is 24.0. The van der Waals surface area contributed by atoms with Crippen molar-refractivity contribution < 1.29 is 27.5 Å². The number of carbonyl (C=O) groups excluding carboxylic acids is 2. The zero-order chi connectivity index (χ0) is 28.2. The summed E-state index contributed by atoms with van der Waals surface area (Å²) in [6.07, 6.45) is 4.82. The van der Waals surface area contributed by atoms with Crippen LogP contribution in [0.3, 0.4) is 0 Å². The first kappa shape index (κ1) is 28.7. The van der Waals surface area contributed by atoms with Gasteiger partial charge in [0.1, 0.15) is 10.5 Å². The third kappa shape index (κ3) is 7.03. The summed E-state index contributed by atoms with van der Waals surface area (Å²) in [6, 6.07) is 10.3. The molecule has 0 bridgehead atoms. The molecular weight excluding hydrogens is 518 g/mol. The van der Waals surface area contributed by atoms with Crippen LogP contribution in [-0.4, -0.2) is 57.7 Å². The molecule has 1 heterocycles. The Morgan fingerprint density at radius 1 is 1.00 bits per heavy atom. The fraction of sp³-hybridized carbons (Fsp3) is 0.517. The van der Waals surface area contributed by atoms with Crippen LogP contribution >= 0.6 is 0 Å². The van der Waals surface area contributed by atoms with Crippen molar-refractivity contribution in [3.63, 3.8) is 0 Å². The number of amides is 1. The highest BCUT2D eigenvalue weighted by molar-refractivity contribution is 7.92. The van der Waals surface area contributed by atoms with Gasteiger partial charge in [-0.2, -0.15) is 0 Å². The standard InChI is InChI=1S/C29H39N3O6S/c1-29(2,3)38-28(34)32-17-15-20(16-18-32)19-30-23-11-7-8-12-25(23)39(35,36)31-24-14-13-21-9-5-6-10-22(21)26(24)27(33)37-4/h7-8,11-14,20,30-31H,5-6,9-10,15-19H2,1-4H3. The van der Waals surface area contributed by atoms with Gasteiger partial charge >= 0.3 is 12.1 Å². The van der Waals surface area contributed by atoms with Crippen LogP contribution in [0.15, 0.2) is 41.3 Å². The van der Waals surface area contributed by atoms with Gasteiger partial charge in [0, 0.05) is 19.6 Å². The van der Waals surface area contributed by atoms with E-state index < -0.39 is 21.6 Å². The maximum absolute atomic E-state index is 13.6. The third-order valence-electron chi connectivity index (χ3n) is 7.19. The van der Waals surface area contributed by atoms with Crippen molar-refractivity contribution in [3.05, 3.63) is 53.1 Å². The lowest BCUT2D eigenvalue weighted by molar-refractivity contribution is 0.0188. The number of esters is 1. The van der Waals surface area contributed by atoms with Gasteiger partial charge in [-0.1, -0.05) is 18.2 Å². The fourth-order valence-corrected chi connectivity index (χ4v) is 6.45. The predicted molar refractivity (Wildman–Crippen MR) is 151 cm³/mol. The van der Waals surface area contributed by atoms with Crippen LogP contribution in [0.1, 0.15) is 67.9 Å². The number of aryl methyl sites for hydroxylation is 1. The van der Waals surface area contributed by atoms with Crippen LogP contribution < -0.4 is 10.0 Å². The monoisotopic (exact) mass is 557 g/mol. The molecule has 212 valence electrons. The normalized spacial score (nSPS) is 16.3. The summed E-state index contributed by atoms with van der Waals surface area (Å²) in [5.74, 6) is -0.269. The predicted octanol–water partition coefficient (Wildman–Crippen LogP) is 5.21. The first-order valence-electron chi connectivity index (χ1n) is 13.5. The highest BCUT2D eigenvalue weighted by atomic mass is 32.2. The summed E-state index contributed by atoms with van der Waals surface area (Å²) in [7, 11) is -2.71. The number of hydrogen-bond acceptors (Lipinski definition) is 7. The number of ether oxygens (including phenoxy) is 2. The van der Waals surface area contributed by atoms with Crippen molar-refractivity contribution in [2.75, 3.05) is 36.8 Å². The van der Waals surface area contributed by atoms with Crippen LogP contribution in [-0.2, 0) is 32.3 Å². The Balaban J connectivity index is 1.46. The van der Waals surface area contributed by atoms with Crippen LogP contribution in [0.4, 0.5) is 16.2 Å². The molecule has 39 heavy (non-hydrogen) atoms. The molecule has 0 unspecified atom stereocenters. The van der Waals surface area contributed by atoms with Gasteiger partial charge in [-0.15, -0.1) is 0 Å². The SMILES string of the molecule is COC(=O)c1c(NS(=O)(=O)c2ccccc2NCC2CCN(C(=O)OC(C)(C)C)CC2)ccc2c1CCCC2. The van der Waals surface area contributed by atoms with Gasteiger partial charge < -0.3 is 19.7 Å². The molecule has 0 saturated carbocycles. The molecule has 2 aromatic carbocycles. The van der Waals surface area contributed by atoms with E-state index in [1.807, 2.05) is 26.8 Å². The number of fused-ring (bicyclic) bond motifs is 1. The second-order valence-electron chi connectivity index (χ2n) is 11.2. The molecule has 4 rings (SSSR count). The molecular formula is C29H39N3O6S. The lowest BCUT2D eigenvalue weighted by Crippen LogP contribution is -2.42. The molecule has 0 spiro atoms. The maximum atomic E-state index is 13.6. The number of likely N-dealkylation sites (tertiary alicyclic amines) is 1. The number of rotatable bonds is 7. The van der Waals surface area contributed by atoms with Gasteiger partial charge in [-0.3, -0.25) is 4.72 Å². The molecule has 1 aliphatic heterocycles. The van der Waals surface area contributed by atoms with Crippen LogP contribution in [0.2, 0.25) is 0 Å². The van der Waals surface area contributed by atoms with Gasteiger partial charge in [0.25, 0.3) is 10.0 Å². The lowest BCUT2D eigenvalue weighted by atomic mass is 9.87. The Hall–Kier alpha value is -3.27. The highest BCUT2D eigenvalue weighted by Crippen LogP contribution is 2.33. The van der Waals surface area contributed by atoms with Crippen LogP contribution in [0.25, 0.3) is 0 Å². The quantitative estimate of drug-likeness (QED) is 0.449. The second-order valence-corrected chi connectivity index (χ2v) is 12.9. The number of nitrogens with one attached hydrogen (secondary N) is 2. The van der Waals surface area contributed by atoms with Gasteiger partial charge in [0.2, 0.25) is 0 Å². The van der Waals surface area contributed by atoms with Crippen molar-refractivity contribution >= 4 is 33.5 Å². The highest BCUT2D eigenvalue weighted by Gasteiger charge is 2.29. The van der Waals surface area contributed by atoms with Crippen molar-refractivity contribution in [1.82, 2.24) is 4.90 Å². The van der Waals surface area contributed by atoms with E-state index in [-0.39, 0.29) is 22.6 Å². The first-order valence-corrected chi connectivity index (χ1v) is 15.0. The topological polar surface area (TPSA) is 114 Å². The number of hydrogen-bond donors (Lipinski definition) is 2. The van der Waals surface area contributed by atoms with Crippen molar-refractivity contribution in [3.8, 4) is 0 Å². The number of sulfonamides is 1. The van der Waals surface area contributed by atoms with Gasteiger partial charge in [0.15, 0.2) is 0 Å². The number of para-hydroxylation sites is 1. The Bertz CT molecular complexity index is 1310. The smallest absolute Gasteiger partial charge is 0.410 e. The van der Waals surface area contributed by atoms with Gasteiger partial charge in [0.05, 0.1) is 24.0 Å². The number of piperidine rings is 1. The summed E-state index contributed by atoms with van der Waals surface area (Å²) in [5, 5.41) is 3.31. The Kier molecular flexibility index (Phi) is 8.73. The summed E-state index contributed by atoms with van der Waals surface area (Å²) in [6.45, 7) is 7.31. The third-order valence-corrected chi connectivity index (χ3v) is 8.61. The fourth-order valence-electron chi connectivity index (χ4n) is 5.20. The molecule has 0 aromatic heterocycles. The maximum Gasteiger partial charge on any atom is 0.410 e. The van der Waals surface area contributed by atoms with Crippen LogP contribution in [0, 0.1) is 5.92 Å². The molecule has 2 aromatic rings. The Labute approximate surface area is 231 Å². The minimum atomic E-state index is -4.01. The van der Waals surface area contributed by atoms with E-state index in [4.69, 9.17) is 9.47 Å². The summed E-state index contributed by atoms with van der Waals surface area (Å²) < 4.78 is 40.3. The molecule has 1 fully saturated rings. The minimum absolute atomic E-state index is 0.102. The molecule has 9 nitrogen and oxygen atoms in total. The molecule has 2 N–H and O–H groups in total. The van der Waals surface area contributed by atoms with E-state index in [2.05, 4.69) is 10.0 Å². The molecule has 10 heteroatoms. The molecule has 1 saturated heterocycles.